The van der Waals surface area contributed by atoms with E-state index in [1.54, 1.807) is 0 Å². The molecule has 1 aromatic carbocycles. The van der Waals surface area contributed by atoms with Crippen LogP contribution < -0.4 is 5.32 Å². The fourth-order valence-electron chi connectivity index (χ4n) is 1.51. The third kappa shape index (κ3) is 3.17. The Morgan fingerprint density at radius 2 is 2.00 bits per heavy atom. The Hall–Kier alpha value is -0.860. The topological polar surface area (TPSA) is 32.3 Å². The average molecular weight is 179 g/mol. The molecule has 0 spiro atoms. The largest absolute Gasteiger partial charge is 0.396 e. The molecule has 0 aliphatic rings. The Morgan fingerprint density at radius 3 is 2.54 bits per heavy atom. The Labute approximate surface area is 79.6 Å². The van der Waals surface area contributed by atoms with Gasteiger partial charge in [-0.05, 0) is 24.9 Å². The highest BCUT2D eigenvalue weighted by Crippen LogP contribution is 2.17. The lowest BCUT2D eigenvalue weighted by Gasteiger charge is -2.15. The van der Waals surface area contributed by atoms with Gasteiger partial charge in [0.05, 0.1) is 0 Å². The first-order valence-electron chi connectivity index (χ1n) is 4.69. The highest BCUT2D eigenvalue weighted by atomic mass is 16.3. The summed E-state index contributed by atoms with van der Waals surface area (Å²) in [4.78, 5) is 0. The van der Waals surface area contributed by atoms with Crippen molar-refractivity contribution in [3.05, 3.63) is 35.9 Å². The van der Waals surface area contributed by atoms with Crippen molar-refractivity contribution in [2.24, 2.45) is 0 Å². The summed E-state index contributed by atoms with van der Waals surface area (Å²) in [5.74, 6) is 0.427. The normalized spacial score (nSPS) is 12.8. The van der Waals surface area contributed by atoms with Crippen molar-refractivity contribution >= 4 is 0 Å². The third-order valence-electron chi connectivity index (χ3n) is 2.20. The zero-order valence-electron chi connectivity index (χ0n) is 8.03. The third-order valence-corrected chi connectivity index (χ3v) is 2.20. The Morgan fingerprint density at radius 1 is 1.31 bits per heavy atom. The molecule has 0 aromatic heterocycles. The standard InChI is InChI=1S/C11H17NO/c1-12-9-11(7-8-13)10-5-3-2-4-6-10/h2-6,11-13H,7-9H2,1H3. The Balaban J connectivity index is 2.64. The van der Waals surface area contributed by atoms with Crippen LogP contribution in [0.1, 0.15) is 17.9 Å². The van der Waals surface area contributed by atoms with Crippen molar-refractivity contribution in [3.8, 4) is 0 Å². The van der Waals surface area contributed by atoms with Crippen LogP contribution in [0.25, 0.3) is 0 Å². The zero-order chi connectivity index (χ0) is 9.52. The summed E-state index contributed by atoms with van der Waals surface area (Å²) < 4.78 is 0. The van der Waals surface area contributed by atoms with Gasteiger partial charge in [-0.1, -0.05) is 30.3 Å². The van der Waals surface area contributed by atoms with E-state index in [2.05, 4.69) is 17.4 Å². The van der Waals surface area contributed by atoms with Gasteiger partial charge in [-0.15, -0.1) is 0 Å². The molecule has 2 nitrogen and oxygen atoms in total. The van der Waals surface area contributed by atoms with E-state index in [0.29, 0.717) is 5.92 Å². The highest BCUT2D eigenvalue weighted by Gasteiger charge is 2.08. The fourth-order valence-corrected chi connectivity index (χ4v) is 1.51. The molecule has 0 radical (unpaired) electrons. The molecule has 72 valence electrons. The maximum atomic E-state index is 8.90. The van der Waals surface area contributed by atoms with E-state index in [1.807, 2.05) is 25.2 Å². The van der Waals surface area contributed by atoms with E-state index in [9.17, 15) is 0 Å². The average Bonchev–Trinajstić information content (AvgIpc) is 2.19. The molecule has 2 N–H and O–H groups in total. The molecule has 0 saturated heterocycles. The lowest BCUT2D eigenvalue weighted by molar-refractivity contribution is 0.274. The number of aliphatic hydroxyl groups is 1. The minimum atomic E-state index is 0.251. The molecule has 2 heteroatoms. The Kier molecular flexibility index (Phi) is 4.50. The molecule has 0 heterocycles. The van der Waals surface area contributed by atoms with E-state index >= 15 is 0 Å². The maximum absolute atomic E-state index is 8.90. The van der Waals surface area contributed by atoms with Gasteiger partial charge >= 0.3 is 0 Å². The molecular formula is C11H17NO. The van der Waals surface area contributed by atoms with E-state index < -0.39 is 0 Å². The lowest BCUT2D eigenvalue weighted by atomic mass is 9.96. The number of benzene rings is 1. The van der Waals surface area contributed by atoms with E-state index in [1.165, 1.54) is 5.56 Å². The van der Waals surface area contributed by atoms with Crippen LogP contribution in [0.15, 0.2) is 30.3 Å². The number of nitrogens with one attached hydrogen (secondary N) is 1. The monoisotopic (exact) mass is 179 g/mol. The minimum absolute atomic E-state index is 0.251. The number of rotatable bonds is 5. The van der Waals surface area contributed by atoms with Gasteiger partial charge in [0.2, 0.25) is 0 Å². The van der Waals surface area contributed by atoms with Gasteiger partial charge in [0.1, 0.15) is 0 Å². The van der Waals surface area contributed by atoms with E-state index in [-0.39, 0.29) is 6.61 Å². The second-order valence-electron chi connectivity index (χ2n) is 3.18. The second-order valence-corrected chi connectivity index (χ2v) is 3.18. The summed E-state index contributed by atoms with van der Waals surface area (Å²) in [6.45, 7) is 1.17. The SMILES string of the molecule is CNCC(CCO)c1ccccc1. The molecule has 1 rings (SSSR count). The molecule has 0 aliphatic heterocycles. The lowest BCUT2D eigenvalue weighted by Crippen LogP contribution is -2.18. The first-order chi connectivity index (χ1) is 6.38. The van der Waals surface area contributed by atoms with Crippen LogP contribution in [-0.2, 0) is 0 Å². The van der Waals surface area contributed by atoms with Crippen molar-refractivity contribution < 1.29 is 5.11 Å². The number of hydrogen-bond donors (Lipinski definition) is 2. The fraction of sp³-hybridized carbons (Fsp3) is 0.455. The first kappa shape index (κ1) is 10.2. The number of hydrogen-bond acceptors (Lipinski definition) is 2. The summed E-state index contributed by atoms with van der Waals surface area (Å²) in [6, 6.07) is 10.3. The molecule has 1 unspecified atom stereocenters. The minimum Gasteiger partial charge on any atom is -0.396 e. The van der Waals surface area contributed by atoms with Crippen LogP contribution in [0.4, 0.5) is 0 Å². The van der Waals surface area contributed by atoms with Crippen molar-refractivity contribution in [1.29, 1.82) is 0 Å². The van der Waals surface area contributed by atoms with Crippen LogP contribution in [0, 0.1) is 0 Å². The van der Waals surface area contributed by atoms with Gasteiger partial charge in [0.15, 0.2) is 0 Å². The first-order valence-corrected chi connectivity index (χ1v) is 4.69. The molecule has 0 aliphatic carbocycles. The summed E-state index contributed by atoms with van der Waals surface area (Å²) in [7, 11) is 1.94. The Bertz CT molecular complexity index is 217. The van der Waals surface area contributed by atoms with Gasteiger partial charge < -0.3 is 10.4 Å². The molecule has 1 aromatic rings. The summed E-state index contributed by atoms with van der Waals surface area (Å²) in [5.41, 5.74) is 1.30. The maximum Gasteiger partial charge on any atom is 0.0437 e. The van der Waals surface area contributed by atoms with Crippen molar-refractivity contribution in [3.63, 3.8) is 0 Å². The number of aliphatic hydroxyl groups excluding tert-OH is 1. The molecule has 1 atom stereocenters. The number of likely N-dealkylation sites (N-methyl/N-ethyl adjacent to an activating group) is 1. The summed E-state index contributed by atoms with van der Waals surface area (Å²) in [5, 5.41) is 12.0. The van der Waals surface area contributed by atoms with Crippen LogP contribution in [0.3, 0.4) is 0 Å². The van der Waals surface area contributed by atoms with Gasteiger partial charge in [0, 0.05) is 13.2 Å². The van der Waals surface area contributed by atoms with Crippen LogP contribution >= 0.6 is 0 Å². The smallest absolute Gasteiger partial charge is 0.0437 e. The quantitative estimate of drug-likeness (QED) is 0.715. The predicted molar refractivity (Wildman–Crippen MR) is 54.8 cm³/mol. The highest BCUT2D eigenvalue weighted by molar-refractivity contribution is 5.19. The van der Waals surface area contributed by atoms with Crippen LogP contribution in [0.2, 0.25) is 0 Å². The van der Waals surface area contributed by atoms with Gasteiger partial charge in [-0.25, -0.2) is 0 Å². The van der Waals surface area contributed by atoms with Gasteiger partial charge in [0.25, 0.3) is 0 Å². The van der Waals surface area contributed by atoms with Crippen molar-refractivity contribution in [2.45, 2.75) is 12.3 Å². The molecule has 0 bridgehead atoms. The summed E-state index contributed by atoms with van der Waals surface area (Å²) >= 11 is 0. The predicted octanol–water partition coefficient (Wildman–Crippen LogP) is 1.37. The van der Waals surface area contributed by atoms with Crippen LogP contribution in [0.5, 0.6) is 0 Å². The van der Waals surface area contributed by atoms with Crippen molar-refractivity contribution in [1.82, 2.24) is 5.32 Å². The van der Waals surface area contributed by atoms with Gasteiger partial charge in [-0.3, -0.25) is 0 Å². The zero-order valence-corrected chi connectivity index (χ0v) is 8.03. The molecule has 13 heavy (non-hydrogen) atoms. The molecular weight excluding hydrogens is 162 g/mol. The molecule has 0 saturated carbocycles. The summed E-state index contributed by atoms with van der Waals surface area (Å²) in [6.07, 6.45) is 0.824. The van der Waals surface area contributed by atoms with Gasteiger partial charge in [-0.2, -0.15) is 0 Å². The second kappa shape index (κ2) is 5.73. The van der Waals surface area contributed by atoms with E-state index in [4.69, 9.17) is 5.11 Å². The molecule has 0 amide bonds. The van der Waals surface area contributed by atoms with Crippen molar-refractivity contribution in [2.75, 3.05) is 20.2 Å². The van der Waals surface area contributed by atoms with E-state index in [0.717, 1.165) is 13.0 Å². The molecule has 0 fully saturated rings. The van der Waals surface area contributed by atoms with Crippen LogP contribution in [-0.4, -0.2) is 25.3 Å².